The number of aromatic nitrogens is 2. The second kappa shape index (κ2) is 7.75. The highest BCUT2D eigenvalue weighted by atomic mass is 16.5. The van der Waals surface area contributed by atoms with Gasteiger partial charge in [0.15, 0.2) is 0 Å². The molecule has 2 N–H and O–H groups in total. The maximum Gasteiger partial charge on any atom is 0.320 e. The lowest BCUT2D eigenvalue weighted by atomic mass is 10.00. The van der Waals surface area contributed by atoms with Crippen LogP contribution in [0.4, 0.5) is 11.6 Å². The van der Waals surface area contributed by atoms with Crippen molar-refractivity contribution in [1.82, 2.24) is 9.97 Å². The average molecular weight is 362 g/mol. The zero-order valence-corrected chi connectivity index (χ0v) is 15.0. The number of carbonyl (C=O) groups is 1. The summed E-state index contributed by atoms with van der Waals surface area (Å²) in [5.41, 5.74) is 6.79. The number of nitrogen functional groups attached to an aromatic ring is 1. The van der Waals surface area contributed by atoms with E-state index in [1.807, 2.05) is 0 Å². The molecule has 8 nitrogen and oxygen atoms in total. The minimum absolute atomic E-state index is 0.0280. The smallest absolute Gasteiger partial charge is 0.320 e. The molecule has 3 aliphatic rings. The van der Waals surface area contributed by atoms with Crippen LogP contribution < -0.4 is 15.4 Å². The molecule has 1 unspecified atom stereocenters. The van der Waals surface area contributed by atoms with E-state index in [4.69, 9.17) is 19.9 Å². The zero-order chi connectivity index (χ0) is 17.9. The zero-order valence-electron chi connectivity index (χ0n) is 15.0. The first-order valence-electron chi connectivity index (χ1n) is 9.49. The van der Waals surface area contributed by atoms with Gasteiger partial charge in [-0.15, -0.1) is 0 Å². The number of hydrogen-bond acceptors (Lipinski definition) is 7. The van der Waals surface area contributed by atoms with Gasteiger partial charge in [0.2, 0.25) is 5.91 Å². The predicted molar refractivity (Wildman–Crippen MR) is 95.1 cm³/mol. The van der Waals surface area contributed by atoms with Crippen molar-refractivity contribution in [3.05, 3.63) is 5.56 Å². The number of nitrogens with zero attached hydrogens (tertiary/aromatic N) is 3. The Morgan fingerprint density at radius 3 is 2.77 bits per heavy atom. The van der Waals surface area contributed by atoms with Crippen molar-refractivity contribution in [3.63, 3.8) is 0 Å². The molecule has 0 spiro atoms. The third kappa shape index (κ3) is 3.76. The van der Waals surface area contributed by atoms with Crippen molar-refractivity contribution in [2.24, 2.45) is 5.92 Å². The predicted octanol–water partition coefficient (Wildman–Crippen LogP) is 1.32. The summed E-state index contributed by atoms with van der Waals surface area (Å²) in [4.78, 5) is 23.0. The molecule has 0 aromatic carbocycles. The lowest BCUT2D eigenvalue weighted by molar-refractivity contribution is -0.117. The molecule has 2 fully saturated rings. The molecule has 0 radical (unpaired) electrons. The molecule has 8 heteroatoms. The molecule has 1 aromatic rings. The third-order valence-corrected chi connectivity index (χ3v) is 5.34. The van der Waals surface area contributed by atoms with Crippen LogP contribution in [0.2, 0.25) is 0 Å². The largest absolute Gasteiger partial charge is 0.461 e. The van der Waals surface area contributed by atoms with Crippen LogP contribution in [0.15, 0.2) is 0 Å². The van der Waals surface area contributed by atoms with Gasteiger partial charge >= 0.3 is 6.01 Å². The van der Waals surface area contributed by atoms with E-state index in [-0.39, 0.29) is 24.4 Å². The molecule has 0 aliphatic carbocycles. The number of rotatable bonds is 5. The van der Waals surface area contributed by atoms with Crippen LogP contribution in [0, 0.1) is 5.92 Å². The second-order valence-corrected chi connectivity index (χ2v) is 7.23. The lowest BCUT2D eigenvalue weighted by Gasteiger charge is -2.27. The fourth-order valence-corrected chi connectivity index (χ4v) is 3.77. The number of anilines is 2. The fourth-order valence-electron chi connectivity index (χ4n) is 3.77. The van der Waals surface area contributed by atoms with Crippen LogP contribution in [-0.4, -0.2) is 55.0 Å². The Bertz CT molecular complexity index is 657. The Morgan fingerprint density at radius 1 is 1.15 bits per heavy atom. The molecular formula is C18H26N4O4. The van der Waals surface area contributed by atoms with Crippen LogP contribution in [0.1, 0.15) is 37.7 Å². The minimum Gasteiger partial charge on any atom is -0.461 e. The maximum atomic E-state index is 12.5. The number of nitrogens with two attached hydrogens (primary N) is 1. The molecule has 3 aliphatic heterocycles. The summed E-state index contributed by atoms with van der Waals surface area (Å²) in [6.07, 6.45) is 5.48. The number of amides is 1. The third-order valence-electron chi connectivity index (χ3n) is 5.34. The Labute approximate surface area is 153 Å². The van der Waals surface area contributed by atoms with Crippen LogP contribution in [0.3, 0.4) is 0 Å². The Balaban J connectivity index is 1.47. The van der Waals surface area contributed by atoms with Gasteiger partial charge in [0.05, 0.1) is 12.5 Å². The monoisotopic (exact) mass is 362 g/mol. The van der Waals surface area contributed by atoms with Gasteiger partial charge in [-0.05, 0) is 38.0 Å². The van der Waals surface area contributed by atoms with Gasteiger partial charge in [-0.3, -0.25) is 9.69 Å². The van der Waals surface area contributed by atoms with Crippen molar-refractivity contribution >= 4 is 17.5 Å². The van der Waals surface area contributed by atoms with Gasteiger partial charge in [0, 0.05) is 31.9 Å². The first kappa shape index (κ1) is 17.5. The van der Waals surface area contributed by atoms with Gasteiger partial charge in [-0.2, -0.15) is 9.97 Å². The summed E-state index contributed by atoms with van der Waals surface area (Å²) in [7, 11) is 0. The number of carbonyl (C=O) groups excluding carboxylic acids is 1. The highest BCUT2D eigenvalue weighted by Crippen LogP contribution is 2.33. The Hall–Kier alpha value is -1.93. The highest BCUT2D eigenvalue weighted by Gasteiger charge is 2.34. The van der Waals surface area contributed by atoms with E-state index in [1.165, 1.54) is 0 Å². The van der Waals surface area contributed by atoms with E-state index in [2.05, 4.69) is 9.97 Å². The Morgan fingerprint density at radius 2 is 2.00 bits per heavy atom. The molecule has 1 amide bonds. The van der Waals surface area contributed by atoms with Gasteiger partial charge in [-0.1, -0.05) is 0 Å². The summed E-state index contributed by atoms with van der Waals surface area (Å²) in [6, 6.07) is 0.224. The second-order valence-electron chi connectivity index (χ2n) is 7.23. The van der Waals surface area contributed by atoms with E-state index in [9.17, 15) is 4.79 Å². The van der Waals surface area contributed by atoms with Crippen molar-refractivity contribution in [1.29, 1.82) is 0 Å². The SMILES string of the molecule is Nc1nc(OCC2CCCCO2)nc2c1CC(=O)N2CC1CCOCC1. The molecule has 4 heterocycles. The number of hydrogen-bond donors (Lipinski definition) is 1. The van der Waals surface area contributed by atoms with Crippen LogP contribution in [-0.2, 0) is 20.7 Å². The van der Waals surface area contributed by atoms with Crippen molar-refractivity contribution in [2.45, 2.75) is 44.6 Å². The number of ether oxygens (including phenoxy) is 3. The van der Waals surface area contributed by atoms with E-state index in [1.54, 1.807) is 4.90 Å². The van der Waals surface area contributed by atoms with Gasteiger partial charge in [0.25, 0.3) is 0 Å². The van der Waals surface area contributed by atoms with Crippen LogP contribution in [0.5, 0.6) is 6.01 Å². The molecule has 26 heavy (non-hydrogen) atoms. The highest BCUT2D eigenvalue weighted by molar-refractivity contribution is 6.01. The molecule has 1 atom stereocenters. The van der Waals surface area contributed by atoms with Gasteiger partial charge in [-0.25, -0.2) is 0 Å². The molecule has 2 saturated heterocycles. The van der Waals surface area contributed by atoms with E-state index < -0.39 is 0 Å². The van der Waals surface area contributed by atoms with E-state index in [0.29, 0.717) is 36.3 Å². The molecule has 0 bridgehead atoms. The van der Waals surface area contributed by atoms with Crippen molar-refractivity contribution in [2.75, 3.05) is 43.6 Å². The summed E-state index contributed by atoms with van der Waals surface area (Å²) in [6.45, 7) is 3.33. The normalized spacial score (nSPS) is 23.9. The molecule has 142 valence electrons. The fraction of sp³-hybridized carbons (Fsp3) is 0.722. The quantitative estimate of drug-likeness (QED) is 0.843. The number of fused-ring (bicyclic) bond motifs is 1. The standard InChI is InChI=1S/C18H26N4O4/c19-16-14-9-15(23)22(10-12-4-7-24-8-5-12)17(14)21-18(20-16)26-11-13-3-1-2-6-25-13/h12-13H,1-11H2,(H2,19,20,21). The first-order chi connectivity index (χ1) is 12.7. The topological polar surface area (TPSA) is 99.8 Å². The molecule has 4 rings (SSSR count). The average Bonchev–Trinajstić information content (AvgIpc) is 2.98. The maximum absolute atomic E-state index is 12.5. The summed E-state index contributed by atoms with van der Waals surface area (Å²) in [5.74, 6) is 1.39. The summed E-state index contributed by atoms with van der Waals surface area (Å²) < 4.78 is 16.8. The van der Waals surface area contributed by atoms with E-state index >= 15 is 0 Å². The minimum atomic E-state index is 0.0280. The first-order valence-corrected chi connectivity index (χ1v) is 9.49. The molecule has 0 saturated carbocycles. The Kier molecular flexibility index (Phi) is 5.21. The van der Waals surface area contributed by atoms with Crippen molar-refractivity contribution < 1.29 is 19.0 Å². The molecule has 1 aromatic heterocycles. The van der Waals surface area contributed by atoms with Gasteiger partial charge in [0.1, 0.15) is 18.2 Å². The summed E-state index contributed by atoms with van der Waals surface area (Å²) in [5, 5.41) is 0. The van der Waals surface area contributed by atoms with Crippen LogP contribution >= 0.6 is 0 Å². The lowest BCUT2D eigenvalue weighted by Crippen LogP contribution is -2.35. The van der Waals surface area contributed by atoms with Crippen molar-refractivity contribution in [3.8, 4) is 6.01 Å². The van der Waals surface area contributed by atoms with E-state index in [0.717, 1.165) is 51.9 Å². The molecular weight excluding hydrogens is 336 g/mol. The van der Waals surface area contributed by atoms with Gasteiger partial charge < -0.3 is 19.9 Å². The summed E-state index contributed by atoms with van der Waals surface area (Å²) >= 11 is 0. The van der Waals surface area contributed by atoms with Crippen LogP contribution in [0.25, 0.3) is 0 Å².